The fourth-order valence-corrected chi connectivity index (χ4v) is 6.28. The summed E-state index contributed by atoms with van der Waals surface area (Å²) in [5.74, 6) is 0. The third kappa shape index (κ3) is 5.36. The van der Waals surface area contributed by atoms with Gasteiger partial charge in [-0.3, -0.25) is 4.18 Å². The van der Waals surface area contributed by atoms with Gasteiger partial charge in [0.25, 0.3) is 10.1 Å². The van der Waals surface area contributed by atoms with Crippen molar-refractivity contribution < 1.29 is 25.8 Å². The van der Waals surface area contributed by atoms with E-state index in [2.05, 4.69) is 0 Å². The summed E-state index contributed by atoms with van der Waals surface area (Å²) in [5, 5.41) is 1.75. The summed E-state index contributed by atoms with van der Waals surface area (Å²) in [5.41, 5.74) is 0.971. The number of nitrogens with zero attached hydrogens (tertiary/aromatic N) is 1. The van der Waals surface area contributed by atoms with Crippen molar-refractivity contribution in [2.24, 2.45) is 0 Å². The highest BCUT2D eigenvalue weighted by Crippen LogP contribution is 2.30. The van der Waals surface area contributed by atoms with Gasteiger partial charge in [0, 0.05) is 6.54 Å². The molecule has 3 aromatic rings. The second kappa shape index (κ2) is 9.29. The molecular formula is C23H25NO6S2. The van der Waals surface area contributed by atoms with Crippen molar-refractivity contribution >= 4 is 30.9 Å². The van der Waals surface area contributed by atoms with Crippen LogP contribution in [0.15, 0.2) is 77.7 Å². The van der Waals surface area contributed by atoms with Gasteiger partial charge in [0.05, 0.1) is 36.5 Å². The fourth-order valence-electron chi connectivity index (χ4n) is 3.96. The van der Waals surface area contributed by atoms with Gasteiger partial charge in [0.1, 0.15) is 0 Å². The van der Waals surface area contributed by atoms with Crippen LogP contribution in [-0.4, -0.2) is 52.7 Å². The third-order valence-corrected chi connectivity index (χ3v) is 7.92. The van der Waals surface area contributed by atoms with Crippen LogP contribution >= 0.6 is 0 Å². The highest BCUT2D eigenvalue weighted by atomic mass is 32.2. The monoisotopic (exact) mass is 475 g/mol. The van der Waals surface area contributed by atoms with E-state index in [0.717, 1.165) is 22.6 Å². The topological polar surface area (TPSA) is 90.0 Å². The van der Waals surface area contributed by atoms with Crippen LogP contribution in [0.4, 0.5) is 0 Å². The molecule has 1 saturated heterocycles. The fraction of sp³-hybridized carbons (Fsp3) is 0.304. The Hall–Kier alpha value is -2.30. The number of benzene rings is 3. The predicted molar refractivity (Wildman–Crippen MR) is 122 cm³/mol. The maximum absolute atomic E-state index is 13.5. The maximum Gasteiger partial charge on any atom is 0.264 e. The van der Waals surface area contributed by atoms with Gasteiger partial charge in [0.2, 0.25) is 10.0 Å². The van der Waals surface area contributed by atoms with Gasteiger partial charge in [-0.2, -0.15) is 12.7 Å². The van der Waals surface area contributed by atoms with Crippen molar-refractivity contribution in [3.05, 3.63) is 78.4 Å². The summed E-state index contributed by atoms with van der Waals surface area (Å²) in [6.07, 6.45) is 0.439. The molecule has 0 N–H and O–H groups in total. The van der Waals surface area contributed by atoms with Gasteiger partial charge in [-0.05, 0) is 34.9 Å². The molecule has 0 saturated carbocycles. The van der Waals surface area contributed by atoms with E-state index in [0.29, 0.717) is 6.61 Å². The van der Waals surface area contributed by atoms with Crippen LogP contribution in [-0.2, 0) is 35.7 Å². The molecule has 0 aliphatic carbocycles. The van der Waals surface area contributed by atoms with Crippen LogP contribution in [0.2, 0.25) is 0 Å². The number of ether oxygens (including phenoxy) is 1. The van der Waals surface area contributed by atoms with E-state index >= 15 is 0 Å². The van der Waals surface area contributed by atoms with Gasteiger partial charge in [0.15, 0.2) is 0 Å². The zero-order valence-electron chi connectivity index (χ0n) is 17.6. The number of hydrogen-bond acceptors (Lipinski definition) is 6. The van der Waals surface area contributed by atoms with E-state index in [9.17, 15) is 16.8 Å². The lowest BCUT2D eigenvalue weighted by Crippen LogP contribution is -2.38. The number of fused-ring (bicyclic) bond motifs is 1. The molecule has 3 aromatic carbocycles. The Labute approximate surface area is 188 Å². The lowest BCUT2D eigenvalue weighted by atomic mass is 10.1. The number of hydrogen-bond donors (Lipinski definition) is 0. The quantitative estimate of drug-likeness (QED) is 0.465. The van der Waals surface area contributed by atoms with Gasteiger partial charge in [-0.1, -0.05) is 60.7 Å². The molecule has 0 bridgehead atoms. The molecule has 1 fully saturated rings. The van der Waals surface area contributed by atoms with Gasteiger partial charge in [-0.15, -0.1) is 0 Å². The summed E-state index contributed by atoms with van der Waals surface area (Å²) in [7, 11) is -7.60. The first-order chi connectivity index (χ1) is 15.2. The van der Waals surface area contributed by atoms with Crippen molar-refractivity contribution in [3.8, 4) is 0 Å². The van der Waals surface area contributed by atoms with E-state index in [-0.39, 0.29) is 24.5 Å². The molecule has 170 valence electrons. The van der Waals surface area contributed by atoms with Crippen molar-refractivity contribution in [1.29, 1.82) is 0 Å². The van der Waals surface area contributed by atoms with Crippen LogP contribution in [0.3, 0.4) is 0 Å². The van der Waals surface area contributed by atoms with E-state index in [1.165, 1.54) is 4.31 Å². The van der Waals surface area contributed by atoms with E-state index in [1.54, 1.807) is 18.2 Å². The van der Waals surface area contributed by atoms with Gasteiger partial charge < -0.3 is 4.74 Å². The van der Waals surface area contributed by atoms with Crippen LogP contribution in [0.1, 0.15) is 12.0 Å². The lowest BCUT2D eigenvalue weighted by Gasteiger charge is -2.24. The van der Waals surface area contributed by atoms with Crippen molar-refractivity contribution in [2.75, 3.05) is 19.4 Å². The molecule has 2 unspecified atom stereocenters. The molecule has 0 radical (unpaired) electrons. The second-order valence-corrected chi connectivity index (χ2v) is 11.4. The summed E-state index contributed by atoms with van der Waals surface area (Å²) >= 11 is 0. The Bertz CT molecular complexity index is 1290. The average Bonchev–Trinajstić information content (AvgIpc) is 3.15. The molecule has 1 aliphatic rings. The van der Waals surface area contributed by atoms with Crippen LogP contribution in [0.25, 0.3) is 10.8 Å². The maximum atomic E-state index is 13.5. The van der Waals surface area contributed by atoms with Crippen molar-refractivity contribution in [1.82, 2.24) is 4.31 Å². The minimum Gasteiger partial charge on any atom is -0.375 e. The normalized spacial score (nSPS) is 20.0. The van der Waals surface area contributed by atoms with Crippen LogP contribution in [0.5, 0.6) is 0 Å². The summed E-state index contributed by atoms with van der Waals surface area (Å²) in [6.45, 7) is 0.408. The van der Waals surface area contributed by atoms with Crippen LogP contribution in [0, 0.1) is 0 Å². The molecule has 32 heavy (non-hydrogen) atoms. The predicted octanol–water partition coefficient (Wildman–Crippen LogP) is 3.16. The zero-order valence-corrected chi connectivity index (χ0v) is 19.3. The molecule has 1 heterocycles. The largest absolute Gasteiger partial charge is 0.375 e. The van der Waals surface area contributed by atoms with E-state index in [4.69, 9.17) is 8.92 Å². The molecule has 7 nitrogen and oxygen atoms in total. The van der Waals surface area contributed by atoms with Crippen molar-refractivity contribution in [3.63, 3.8) is 0 Å². The highest BCUT2D eigenvalue weighted by molar-refractivity contribution is 7.89. The van der Waals surface area contributed by atoms with Crippen molar-refractivity contribution in [2.45, 2.75) is 30.1 Å². The summed E-state index contributed by atoms with van der Waals surface area (Å²) in [6, 6.07) is 21.5. The third-order valence-electron chi connectivity index (χ3n) is 5.39. The molecule has 4 rings (SSSR count). The standard InChI is InChI=1S/C23H25NO6S2/c1-31(25,26)30-22-14-21(17-29-16-18-7-3-2-4-8-18)24(15-22)32(27,28)23-12-11-19-9-5-6-10-20(19)13-23/h2-13,21-22H,14-17H2,1H3. The van der Waals surface area contributed by atoms with E-state index < -0.39 is 32.3 Å². The first-order valence-electron chi connectivity index (χ1n) is 10.2. The second-order valence-electron chi connectivity index (χ2n) is 7.90. The van der Waals surface area contributed by atoms with Gasteiger partial charge in [-0.25, -0.2) is 8.42 Å². The Kier molecular flexibility index (Phi) is 6.64. The van der Waals surface area contributed by atoms with Crippen LogP contribution < -0.4 is 0 Å². The highest BCUT2D eigenvalue weighted by Gasteiger charge is 2.42. The Morgan fingerprint density at radius 2 is 1.59 bits per heavy atom. The number of sulfonamides is 1. The summed E-state index contributed by atoms with van der Waals surface area (Å²) < 4.78 is 62.5. The smallest absolute Gasteiger partial charge is 0.264 e. The summed E-state index contributed by atoms with van der Waals surface area (Å²) in [4.78, 5) is 0.157. The molecule has 0 aromatic heterocycles. The first kappa shape index (κ1) is 22.9. The molecule has 1 aliphatic heterocycles. The minimum absolute atomic E-state index is 0.0540. The Morgan fingerprint density at radius 3 is 2.31 bits per heavy atom. The SMILES string of the molecule is CS(=O)(=O)OC1CC(COCc2ccccc2)N(S(=O)(=O)c2ccc3ccccc3c2)C1. The molecule has 0 amide bonds. The average molecular weight is 476 g/mol. The molecule has 0 spiro atoms. The molecule has 9 heteroatoms. The Morgan fingerprint density at radius 1 is 0.906 bits per heavy atom. The number of rotatable bonds is 8. The first-order valence-corrected chi connectivity index (χ1v) is 13.5. The van der Waals surface area contributed by atoms with E-state index in [1.807, 2.05) is 54.6 Å². The minimum atomic E-state index is -3.88. The zero-order chi connectivity index (χ0) is 22.8. The molecular weight excluding hydrogens is 450 g/mol. The lowest BCUT2D eigenvalue weighted by molar-refractivity contribution is 0.0863. The Balaban J connectivity index is 1.57. The molecule has 2 atom stereocenters. The van der Waals surface area contributed by atoms with Gasteiger partial charge >= 0.3 is 0 Å².